The van der Waals surface area contributed by atoms with Gasteiger partial charge in [0.1, 0.15) is 29.4 Å². The minimum atomic E-state index is -0.536. The maximum Gasteiger partial charge on any atom is 0.270 e. The average Bonchev–Trinajstić information content (AvgIpc) is 2.83. The summed E-state index contributed by atoms with van der Waals surface area (Å²) in [7, 11) is 1.99. The number of thiocarbonyl (C=S) groups is 1. The van der Waals surface area contributed by atoms with Crippen LogP contribution in [0.15, 0.2) is 78.4 Å². The van der Waals surface area contributed by atoms with E-state index in [0.29, 0.717) is 35.1 Å². The number of nitrogens with zero attached hydrogens (tertiary/aromatic N) is 2. The van der Waals surface area contributed by atoms with Gasteiger partial charge in [0.25, 0.3) is 11.8 Å². The van der Waals surface area contributed by atoms with Crippen LogP contribution in [0, 0.1) is 0 Å². The first kappa shape index (κ1) is 21.7. The Kier molecular flexibility index (Phi) is 5.73. The number of nitrogens with one attached hydrogen (secondary N) is 1. The lowest BCUT2D eigenvalue weighted by atomic mass is 10.1. The average molecular weight is 472 g/mol. The van der Waals surface area contributed by atoms with E-state index in [1.165, 1.54) is 4.90 Å². The fourth-order valence-corrected chi connectivity index (χ4v) is 4.09. The molecule has 1 saturated heterocycles. The third kappa shape index (κ3) is 4.23. The van der Waals surface area contributed by atoms with Gasteiger partial charge < -0.3 is 14.4 Å². The van der Waals surface area contributed by atoms with E-state index in [-0.39, 0.29) is 10.7 Å². The first-order valence-electron chi connectivity index (χ1n) is 10.7. The van der Waals surface area contributed by atoms with Crippen molar-refractivity contribution in [3.8, 4) is 17.2 Å². The molecular formula is C26H21N3O4S. The first-order chi connectivity index (χ1) is 16.5. The molecule has 5 rings (SSSR count). The molecule has 0 atom stereocenters. The molecule has 0 unspecified atom stereocenters. The number of hydrogen-bond donors (Lipinski definition) is 1. The lowest BCUT2D eigenvalue weighted by Crippen LogP contribution is -2.54. The highest BCUT2D eigenvalue weighted by atomic mass is 32.1. The molecule has 0 aromatic heterocycles. The summed E-state index contributed by atoms with van der Waals surface area (Å²) < 4.78 is 11.6. The standard InChI is InChI=1S/C26H21N3O4S/c1-28-13-14-32-23-16-17(7-12-22(23)28)15-21-24(30)27-26(34)29(25(21)31)18-8-10-20(11-9-18)33-19-5-3-2-4-6-19/h2-12,15-16H,13-14H2,1H3,(H,27,30,34). The number of ether oxygens (including phenoxy) is 2. The summed E-state index contributed by atoms with van der Waals surface area (Å²) in [5, 5.41) is 2.64. The lowest BCUT2D eigenvalue weighted by molar-refractivity contribution is -0.122. The molecule has 1 fully saturated rings. The Morgan fingerprint density at radius 2 is 1.74 bits per heavy atom. The monoisotopic (exact) mass is 471 g/mol. The van der Waals surface area contributed by atoms with Gasteiger partial charge in [0.2, 0.25) is 0 Å². The molecule has 1 N–H and O–H groups in total. The number of para-hydroxylation sites is 1. The van der Waals surface area contributed by atoms with Gasteiger partial charge in [0.15, 0.2) is 5.11 Å². The van der Waals surface area contributed by atoms with Crippen LogP contribution in [0.4, 0.5) is 11.4 Å². The van der Waals surface area contributed by atoms with Crippen molar-refractivity contribution in [3.05, 3.63) is 83.9 Å². The number of benzene rings is 3. The fraction of sp³-hybridized carbons (Fsp3) is 0.115. The fourth-order valence-electron chi connectivity index (χ4n) is 3.81. The van der Waals surface area contributed by atoms with Crippen LogP contribution in [0.5, 0.6) is 17.2 Å². The number of hydrogen-bond acceptors (Lipinski definition) is 6. The Morgan fingerprint density at radius 3 is 2.50 bits per heavy atom. The molecule has 2 aliphatic rings. The van der Waals surface area contributed by atoms with Gasteiger partial charge in [-0.3, -0.25) is 19.8 Å². The summed E-state index contributed by atoms with van der Waals surface area (Å²) in [4.78, 5) is 29.3. The Labute approximate surface area is 202 Å². The first-order valence-corrected chi connectivity index (χ1v) is 11.1. The van der Waals surface area contributed by atoms with Crippen molar-refractivity contribution in [1.29, 1.82) is 0 Å². The van der Waals surface area contributed by atoms with E-state index in [0.717, 1.165) is 12.2 Å². The summed E-state index contributed by atoms with van der Waals surface area (Å²) in [6.07, 6.45) is 1.55. The van der Waals surface area contributed by atoms with Crippen LogP contribution in [0.3, 0.4) is 0 Å². The highest BCUT2D eigenvalue weighted by Crippen LogP contribution is 2.33. The predicted octanol–water partition coefficient (Wildman–Crippen LogP) is 4.14. The molecule has 2 heterocycles. The van der Waals surface area contributed by atoms with Crippen LogP contribution in [-0.2, 0) is 9.59 Å². The van der Waals surface area contributed by atoms with E-state index in [9.17, 15) is 9.59 Å². The smallest absolute Gasteiger partial charge is 0.270 e. The summed E-state index contributed by atoms with van der Waals surface area (Å²) in [6, 6.07) is 21.9. The molecule has 7 nitrogen and oxygen atoms in total. The van der Waals surface area contributed by atoms with E-state index in [1.807, 2.05) is 55.6 Å². The molecular weight excluding hydrogens is 450 g/mol. The van der Waals surface area contributed by atoms with Gasteiger partial charge in [-0.05, 0) is 72.4 Å². The van der Waals surface area contributed by atoms with Gasteiger partial charge in [0, 0.05) is 7.05 Å². The van der Waals surface area contributed by atoms with Crippen molar-refractivity contribution in [1.82, 2.24) is 5.32 Å². The zero-order chi connectivity index (χ0) is 23.7. The van der Waals surface area contributed by atoms with Crippen molar-refractivity contribution >= 4 is 46.6 Å². The quantitative estimate of drug-likeness (QED) is 0.350. The molecule has 3 aromatic rings. The van der Waals surface area contributed by atoms with Crippen LogP contribution < -0.4 is 24.6 Å². The lowest BCUT2D eigenvalue weighted by Gasteiger charge is -2.29. The zero-order valence-electron chi connectivity index (χ0n) is 18.4. The summed E-state index contributed by atoms with van der Waals surface area (Å²) >= 11 is 5.30. The number of amides is 2. The Morgan fingerprint density at radius 1 is 1.00 bits per heavy atom. The minimum Gasteiger partial charge on any atom is -0.490 e. The molecule has 34 heavy (non-hydrogen) atoms. The number of carbonyl (C=O) groups is 2. The second-order valence-electron chi connectivity index (χ2n) is 7.86. The molecule has 8 heteroatoms. The van der Waals surface area contributed by atoms with Crippen molar-refractivity contribution in [2.75, 3.05) is 30.0 Å². The normalized spacial score (nSPS) is 16.7. The Balaban J connectivity index is 1.40. The Bertz CT molecular complexity index is 1310. The van der Waals surface area contributed by atoms with Crippen molar-refractivity contribution in [2.24, 2.45) is 0 Å². The largest absolute Gasteiger partial charge is 0.490 e. The van der Waals surface area contributed by atoms with Crippen LogP contribution in [0.2, 0.25) is 0 Å². The number of carbonyl (C=O) groups excluding carboxylic acids is 2. The van der Waals surface area contributed by atoms with Crippen molar-refractivity contribution < 1.29 is 19.1 Å². The van der Waals surface area contributed by atoms with Crippen molar-refractivity contribution in [2.45, 2.75) is 0 Å². The maximum absolute atomic E-state index is 13.3. The number of likely N-dealkylation sites (N-methyl/N-ethyl adjacent to an activating group) is 1. The summed E-state index contributed by atoms with van der Waals surface area (Å²) in [5.74, 6) is 1.00. The van der Waals surface area contributed by atoms with E-state index >= 15 is 0 Å². The molecule has 0 saturated carbocycles. The van der Waals surface area contributed by atoms with Crippen LogP contribution >= 0.6 is 12.2 Å². The highest BCUT2D eigenvalue weighted by molar-refractivity contribution is 7.80. The van der Waals surface area contributed by atoms with E-state index in [4.69, 9.17) is 21.7 Å². The minimum absolute atomic E-state index is 0.0117. The molecule has 2 aliphatic heterocycles. The van der Waals surface area contributed by atoms with Gasteiger partial charge in [-0.15, -0.1) is 0 Å². The molecule has 170 valence electrons. The molecule has 0 spiro atoms. The van der Waals surface area contributed by atoms with Gasteiger partial charge in [-0.2, -0.15) is 0 Å². The third-order valence-corrected chi connectivity index (χ3v) is 5.85. The molecule has 3 aromatic carbocycles. The second kappa shape index (κ2) is 8.99. The summed E-state index contributed by atoms with van der Waals surface area (Å²) in [6.45, 7) is 1.38. The SMILES string of the molecule is CN1CCOc2cc(C=C3C(=O)NC(=S)N(c4ccc(Oc5ccccc5)cc4)C3=O)ccc21. The molecule has 0 bridgehead atoms. The second-order valence-corrected chi connectivity index (χ2v) is 8.25. The molecule has 2 amide bonds. The van der Waals surface area contributed by atoms with Crippen molar-refractivity contribution in [3.63, 3.8) is 0 Å². The summed E-state index contributed by atoms with van der Waals surface area (Å²) in [5.41, 5.74) is 2.17. The van der Waals surface area contributed by atoms with Gasteiger partial charge in [-0.1, -0.05) is 24.3 Å². The maximum atomic E-state index is 13.3. The van der Waals surface area contributed by atoms with E-state index in [2.05, 4.69) is 10.2 Å². The third-order valence-electron chi connectivity index (χ3n) is 5.57. The van der Waals surface area contributed by atoms with Crippen LogP contribution in [0.1, 0.15) is 5.56 Å². The van der Waals surface area contributed by atoms with Crippen LogP contribution in [-0.4, -0.2) is 37.1 Å². The number of rotatable bonds is 4. The molecule has 0 aliphatic carbocycles. The van der Waals surface area contributed by atoms with E-state index in [1.54, 1.807) is 30.3 Å². The Hall–Kier alpha value is -4.17. The molecule has 0 radical (unpaired) electrons. The predicted molar refractivity (Wildman–Crippen MR) is 134 cm³/mol. The van der Waals surface area contributed by atoms with Gasteiger partial charge in [0.05, 0.1) is 17.9 Å². The highest BCUT2D eigenvalue weighted by Gasteiger charge is 2.34. The topological polar surface area (TPSA) is 71.1 Å². The van der Waals surface area contributed by atoms with Gasteiger partial charge >= 0.3 is 0 Å². The number of anilines is 2. The number of fused-ring (bicyclic) bond motifs is 1. The van der Waals surface area contributed by atoms with Crippen LogP contribution in [0.25, 0.3) is 6.08 Å². The van der Waals surface area contributed by atoms with Gasteiger partial charge in [-0.25, -0.2) is 0 Å². The van der Waals surface area contributed by atoms with E-state index < -0.39 is 11.8 Å². The zero-order valence-corrected chi connectivity index (χ0v) is 19.2.